The first-order chi connectivity index (χ1) is 10.1. The molecule has 21 heavy (non-hydrogen) atoms. The van der Waals surface area contributed by atoms with E-state index >= 15 is 0 Å². The van der Waals surface area contributed by atoms with Gasteiger partial charge in [0, 0.05) is 23.6 Å². The lowest BCUT2D eigenvalue weighted by Crippen LogP contribution is -2.29. The number of nitro benzene ring substituents is 1. The highest BCUT2D eigenvalue weighted by atomic mass is 32.1. The van der Waals surface area contributed by atoms with E-state index in [1.165, 1.54) is 23.5 Å². The molecule has 0 fully saturated rings. The van der Waals surface area contributed by atoms with Crippen LogP contribution in [0, 0.1) is 10.1 Å². The Morgan fingerprint density at radius 2 is 2.19 bits per heavy atom. The van der Waals surface area contributed by atoms with Crippen molar-refractivity contribution in [2.24, 2.45) is 0 Å². The van der Waals surface area contributed by atoms with E-state index in [9.17, 15) is 20.0 Å². The van der Waals surface area contributed by atoms with Crippen molar-refractivity contribution >= 4 is 22.9 Å². The van der Waals surface area contributed by atoms with Gasteiger partial charge in [0.05, 0.1) is 11.3 Å². The Balaban J connectivity index is 1.87. The number of hydrogen-bond acceptors (Lipinski definition) is 5. The number of aliphatic hydroxyl groups excluding tert-OH is 1. The number of thiophene rings is 1. The molecular weight excluding hydrogens is 292 g/mol. The fourth-order valence-electron chi connectivity index (χ4n) is 1.82. The fourth-order valence-corrected chi connectivity index (χ4v) is 2.53. The predicted octanol–water partition coefficient (Wildman–Crippen LogP) is 2.05. The second-order valence-electron chi connectivity index (χ2n) is 4.44. The van der Waals surface area contributed by atoms with Crippen molar-refractivity contribution in [2.45, 2.75) is 12.5 Å². The van der Waals surface area contributed by atoms with E-state index in [1.54, 1.807) is 18.2 Å². The molecule has 0 radical (unpaired) electrons. The molecule has 0 spiro atoms. The van der Waals surface area contributed by atoms with Gasteiger partial charge in [-0.3, -0.25) is 14.9 Å². The van der Waals surface area contributed by atoms with Crippen LogP contribution in [-0.4, -0.2) is 22.5 Å². The lowest BCUT2D eigenvalue weighted by Gasteiger charge is -2.10. The average molecular weight is 306 g/mol. The van der Waals surface area contributed by atoms with E-state index < -0.39 is 11.0 Å². The Morgan fingerprint density at radius 3 is 2.86 bits per heavy atom. The average Bonchev–Trinajstić information content (AvgIpc) is 2.99. The van der Waals surface area contributed by atoms with Crippen molar-refractivity contribution < 1.29 is 14.8 Å². The molecular formula is C14H14N2O4S. The first-order valence-electron chi connectivity index (χ1n) is 6.28. The SMILES string of the molecule is O=C(Cc1cccc([N+](=O)[O-])c1)NC[C@@H](O)c1cccs1. The maximum atomic E-state index is 11.8. The molecule has 0 saturated carbocycles. The zero-order chi connectivity index (χ0) is 15.2. The predicted molar refractivity (Wildman–Crippen MR) is 79.1 cm³/mol. The molecule has 0 saturated heterocycles. The largest absolute Gasteiger partial charge is 0.386 e. The molecule has 0 unspecified atom stereocenters. The summed E-state index contributed by atoms with van der Waals surface area (Å²) in [6, 6.07) is 9.57. The zero-order valence-electron chi connectivity index (χ0n) is 11.1. The standard InChI is InChI=1S/C14H14N2O4S/c17-12(13-5-2-6-21-13)9-15-14(18)8-10-3-1-4-11(7-10)16(19)20/h1-7,12,17H,8-9H2,(H,15,18)/t12-/m1/s1. The van der Waals surface area contributed by atoms with Gasteiger partial charge >= 0.3 is 0 Å². The lowest BCUT2D eigenvalue weighted by molar-refractivity contribution is -0.384. The maximum absolute atomic E-state index is 11.8. The van der Waals surface area contributed by atoms with Crippen LogP contribution in [0.3, 0.4) is 0 Å². The molecule has 1 amide bonds. The second-order valence-corrected chi connectivity index (χ2v) is 5.42. The molecule has 0 bridgehead atoms. The van der Waals surface area contributed by atoms with Crippen LogP contribution in [0.1, 0.15) is 16.5 Å². The topological polar surface area (TPSA) is 92.5 Å². The number of nitro groups is 1. The van der Waals surface area contributed by atoms with Crippen LogP contribution in [0.15, 0.2) is 41.8 Å². The van der Waals surface area contributed by atoms with E-state index in [4.69, 9.17) is 0 Å². The van der Waals surface area contributed by atoms with Crippen LogP contribution in [0.5, 0.6) is 0 Å². The smallest absolute Gasteiger partial charge is 0.269 e. The maximum Gasteiger partial charge on any atom is 0.269 e. The van der Waals surface area contributed by atoms with Gasteiger partial charge in [-0.05, 0) is 17.0 Å². The third-order valence-electron chi connectivity index (χ3n) is 2.85. The van der Waals surface area contributed by atoms with E-state index in [0.717, 1.165) is 4.88 Å². The van der Waals surface area contributed by atoms with Crippen molar-refractivity contribution in [2.75, 3.05) is 6.54 Å². The Labute approximate surface area is 125 Å². The summed E-state index contributed by atoms with van der Waals surface area (Å²) in [7, 11) is 0. The summed E-state index contributed by atoms with van der Waals surface area (Å²) in [6.45, 7) is 0.119. The highest BCUT2D eigenvalue weighted by Gasteiger charge is 2.12. The number of nitrogens with zero attached hydrogens (tertiary/aromatic N) is 1. The van der Waals surface area contributed by atoms with Crippen molar-refractivity contribution in [3.63, 3.8) is 0 Å². The van der Waals surface area contributed by atoms with Crippen LogP contribution in [0.2, 0.25) is 0 Å². The highest BCUT2D eigenvalue weighted by Crippen LogP contribution is 2.18. The molecule has 7 heteroatoms. The minimum Gasteiger partial charge on any atom is -0.386 e. The van der Waals surface area contributed by atoms with Gasteiger partial charge < -0.3 is 10.4 Å². The molecule has 2 rings (SSSR count). The molecule has 0 aliphatic heterocycles. The number of rotatable bonds is 6. The summed E-state index contributed by atoms with van der Waals surface area (Å²) in [4.78, 5) is 22.7. The van der Waals surface area contributed by atoms with Gasteiger partial charge in [0.2, 0.25) is 5.91 Å². The molecule has 1 aromatic heterocycles. The highest BCUT2D eigenvalue weighted by molar-refractivity contribution is 7.10. The molecule has 1 atom stereocenters. The molecule has 110 valence electrons. The minimum absolute atomic E-state index is 0.0405. The van der Waals surface area contributed by atoms with Gasteiger partial charge in [-0.1, -0.05) is 18.2 Å². The molecule has 6 nitrogen and oxygen atoms in total. The molecule has 2 N–H and O–H groups in total. The molecule has 1 aromatic carbocycles. The second kappa shape index (κ2) is 6.96. The van der Waals surface area contributed by atoms with Gasteiger partial charge in [-0.2, -0.15) is 0 Å². The van der Waals surface area contributed by atoms with Crippen molar-refractivity contribution in [3.8, 4) is 0 Å². The van der Waals surface area contributed by atoms with E-state index in [-0.39, 0.29) is 24.6 Å². The molecule has 0 aliphatic carbocycles. The summed E-state index contributed by atoms with van der Waals surface area (Å²) >= 11 is 1.42. The van der Waals surface area contributed by atoms with Gasteiger partial charge in [-0.15, -0.1) is 11.3 Å². The Morgan fingerprint density at radius 1 is 1.38 bits per heavy atom. The van der Waals surface area contributed by atoms with E-state index in [0.29, 0.717) is 5.56 Å². The summed E-state index contributed by atoms with van der Waals surface area (Å²) in [5.74, 6) is -0.286. The summed E-state index contributed by atoms with van der Waals surface area (Å²) in [6.07, 6.45) is -0.696. The van der Waals surface area contributed by atoms with Crippen LogP contribution >= 0.6 is 11.3 Å². The number of benzene rings is 1. The van der Waals surface area contributed by atoms with E-state index in [1.807, 2.05) is 11.4 Å². The fraction of sp³-hybridized carbons (Fsp3) is 0.214. The minimum atomic E-state index is -0.737. The number of amides is 1. The van der Waals surface area contributed by atoms with Crippen molar-refractivity contribution in [3.05, 3.63) is 62.3 Å². The monoisotopic (exact) mass is 306 g/mol. The summed E-state index contributed by atoms with van der Waals surface area (Å²) < 4.78 is 0. The lowest BCUT2D eigenvalue weighted by atomic mass is 10.1. The van der Waals surface area contributed by atoms with Crippen LogP contribution in [0.25, 0.3) is 0 Å². The Bertz CT molecular complexity index is 628. The Kier molecular flexibility index (Phi) is 5.02. The van der Waals surface area contributed by atoms with Gasteiger partial charge in [-0.25, -0.2) is 0 Å². The summed E-state index contributed by atoms with van der Waals surface area (Å²) in [5, 5.41) is 25.0. The number of nitrogens with one attached hydrogen (secondary N) is 1. The first kappa shape index (κ1) is 15.1. The zero-order valence-corrected chi connectivity index (χ0v) is 11.9. The Hall–Kier alpha value is -2.25. The third kappa shape index (κ3) is 4.37. The van der Waals surface area contributed by atoms with Crippen LogP contribution in [-0.2, 0) is 11.2 Å². The number of hydrogen-bond donors (Lipinski definition) is 2. The molecule has 0 aliphatic rings. The quantitative estimate of drug-likeness (QED) is 0.631. The summed E-state index contributed by atoms with van der Waals surface area (Å²) in [5.41, 5.74) is 0.520. The number of carbonyl (C=O) groups is 1. The van der Waals surface area contributed by atoms with Gasteiger partial charge in [0.1, 0.15) is 6.10 Å². The molecule has 1 heterocycles. The number of carbonyl (C=O) groups excluding carboxylic acids is 1. The van der Waals surface area contributed by atoms with Crippen molar-refractivity contribution in [1.82, 2.24) is 5.32 Å². The van der Waals surface area contributed by atoms with Gasteiger partial charge in [0.25, 0.3) is 5.69 Å². The normalized spacial score (nSPS) is 11.9. The first-order valence-corrected chi connectivity index (χ1v) is 7.15. The number of aliphatic hydroxyl groups is 1. The van der Waals surface area contributed by atoms with Gasteiger partial charge in [0.15, 0.2) is 0 Å². The third-order valence-corrected chi connectivity index (χ3v) is 3.82. The van der Waals surface area contributed by atoms with Crippen molar-refractivity contribution in [1.29, 1.82) is 0 Å². The van der Waals surface area contributed by atoms with Crippen LogP contribution < -0.4 is 5.32 Å². The van der Waals surface area contributed by atoms with Crippen LogP contribution in [0.4, 0.5) is 5.69 Å². The molecule has 2 aromatic rings. The number of non-ortho nitro benzene ring substituents is 1. The van der Waals surface area contributed by atoms with E-state index in [2.05, 4.69) is 5.32 Å².